The summed E-state index contributed by atoms with van der Waals surface area (Å²) in [6.07, 6.45) is 21.0. The second-order valence-corrected chi connectivity index (χ2v) is 27.9. The van der Waals surface area contributed by atoms with Crippen LogP contribution >= 0.6 is 0 Å². The minimum absolute atomic E-state index is 0.00387. The van der Waals surface area contributed by atoms with Gasteiger partial charge in [-0.2, -0.15) is 0 Å². The highest BCUT2D eigenvalue weighted by Crippen LogP contribution is 2.11. The van der Waals surface area contributed by atoms with Gasteiger partial charge in [0, 0.05) is 12.8 Å². The number of carboxylic acid groups (broad SMARTS) is 1. The standard InChI is InChI=1S/C14H28O2Si.C11H20O2.C6H19NSi2/c1-5-6-7-8-9-10-11-12-13-14(15)16-17(2,3)4;1-2-3-4-5-6-7-8-9-10-11(12)13;1-8(2,3)7-9(4,5)6/h5H,1,6-13H2,2-4H3;2H,1,3-10H2,(H,12,13);7H,1-6H3. The van der Waals surface area contributed by atoms with E-state index in [0.717, 1.165) is 38.5 Å². The van der Waals surface area contributed by atoms with Crippen LogP contribution in [0.5, 0.6) is 0 Å². The molecule has 0 spiro atoms. The number of hydrogen-bond donors (Lipinski definition) is 2. The maximum Gasteiger partial charge on any atom is 0.303 e. The minimum atomic E-state index is -1.67. The molecule has 0 saturated carbocycles. The third-order valence-electron chi connectivity index (χ3n) is 5.26. The number of carboxylic acids is 1. The number of nitrogens with one attached hydrogen (secondary N) is 1. The summed E-state index contributed by atoms with van der Waals surface area (Å²) in [5.41, 5.74) is 0. The molecule has 0 fully saturated rings. The third-order valence-corrected chi connectivity index (χ3v) is 12.1. The fraction of sp³-hybridized carbons (Fsp3) is 0.806. The van der Waals surface area contributed by atoms with Gasteiger partial charge in [0.05, 0.1) is 0 Å². The lowest BCUT2D eigenvalue weighted by Gasteiger charge is -2.28. The summed E-state index contributed by atoms with van der Waals surface area (Å²) < 4.78 is 9.12. The van der Waals surface area contributed by atoms with Crippen molar-refractivity contribution >= 4 is 36.7 Å². The van der Waals surface area contributed by atoms with E-state index in [0.29, 0.717) is 12.8 Å². The normalized spacial score (nSPS) is 11.4. The van der Waals surface area contributed by atoms with Crippen LogP contribution in [0.25, 0.3) is 0 Å². The summed E-state index contributed by atoms with van der Waals surface area (Å²) in [4.78, 5) is 21.6. The highest BCUT2D eigenvalue weighted by molar-refractivity contribution is 6.90. The molecule has 5 nitrogen and oxygen atoms in total. The van der Waals surface area contributed by atoms with Gasteiger partial charge in [0.25, 0.3) is 5.97 Å². The van der Waals surface area contributed by atoms with Crippen LogP contribution in [-0.4, -0.2) is 41.8 Å². The predicted octanol–water partition coefficient (Wildman–Crippen LogP) is 10.3. The van der Waals surface area contributed by atoms with Gasteiger partial charge >= 0.3 is 5.97 Å². The molecule has 0 bridgehead atoms. The molecule has 0 aromatic heterocycles. The van der Waals surface area contributed by atoms with E-state index in [1.54, 1.807) is 0 Å². The lowest BCUT2D eigenvalue weighted by molar-refractivity contribution is -0.137. The van der Waals surface area contributed by atoms with Crippen molar-refractivity contribution in [2.45, 2.75) is 162 Å². The van der Waals surface area contributed by atoms with Crippen molar-refractivity contribution in [3.05, 3.63) is 25.3 Å². The minimum Gasteiger partial charge on any atom is -0.520 e. The Morgan fingerprint density at radius 3 is 1.23 bits per heavy atom. The van der Waals surface area contributed by atoms with E-state index in [1.807, 2.05) is 31.8 Å². The number of carbonyl (C=O) groups is 2. The second kappa shape index (κ2) is 26.0. The Morgan fingerprint density at radius 2 is 0.949 bits per heavy atom. The Labute approximate surface area is 247 Å². The molecule has 39 heavy (non-hydrogen) atoms. The number of rotatable bonds is 21. The van der Waals surface area contributed by atoms with Gasteiger partial charge in [-0.1, -0.05) is 103 Å². The van der Waals surface area contributed by atoms with Crippen molar-refractivity contribution in [3.8, 4) is 0 Å². The Balaban J connectivity index is -0.000000524. The first kappa shape index (κ1) is 42.5. The van der Waals surface area contributed by atoms with Crippen LogP contribution in [0.4, 0.5) is 0 Å². The summed E-state index contributed by atoms with van der Waals surface area (Å²) >= 11 is 0. The van der Waals surface area contributed by atoms with E-state index in [4.69, 9.17) is 9.53 Å². The molecule has 0 aromatic carbocycles. The predicted molar refractivity (Wildman–Crippen MR) is 181 cm³/mol. The number of hydrogen-bond acceptors (Lipinski definition) is 4. The van der Waals surface area contributed by atoms with Crippen molar-refractivity contribution in [1.82, 2.24) is 4.65 Å². The molecule has 0 amide bonds. The molecule has 232 valence electrons. The van der Waals surface area contributed by atoms with Gasteiger partial charge in [-0.3, -0.25) is 9.59 Å². The SMILES string of the molecule is C=CCCCCCCCCC(=O)O.C=CCCCCCCCCC(=O)O[Si](C)(C)C.C[Si](C)(C)N[Si](C)(C)C. The highest BCUT2D eigenvalue weighted by atomic mass is 28.4. The van der Waals surface area contributed by atoms with Crippen molar-refractivity contribution in [1.29, 1.82) is 0 Å². The van der Waals surface area contributed by atoms with Crippen LogP contribution < -0.4 is 4.65 Å². The summed E-state index contributed by atoms with van der Waals surface area (Å²) in [6.45, 7) is 27.6. The Morgan fingerprint density at radius 1 is 0.615 bits per heavy atom. The van der Waals surface area contributed by atoms with E-state index in [2.05, 4.69) is 57.1 Å². The monoisotopic (exact) mass is 601 g/mol. The van der Waals surface area contributed by atoms with Gasteiger partial charge in [0.15, 0.2) is 0 Å². The van der Waals surface area contributed by atoms with E-state index < -0.39 is 30.8 Å². The third kappa shape index (κ3) is 50.4. The molecule has 0 aliphatic rings. The average Bonchev–Trinajstić information content (AvgIpc) is 2.74. The van der Waals surface area contributed by atoms with Crippen LogP contribution in [0.15, 0.2) is 25.3 Å². The van der Waals surface area contributed by atoms with Gasteiger partial charge < -0.3 is 14.2 Å². The van der Waals surface area contributed by atoms with Gasteiger partial charge in [0.1, 0.15) is 16.5 Å². The Hall–Kier alpha value is -0.969. The van der Waals surface area contributed by atoms with Crippen molar-refractivity contribution in [2.24, 2.45) is 0 Å². The Bertz CT molecular complexity index is 609. The van der Waals surface area contributed by atoms with E-state index >= 15 is 0 Å². The Kier molecular flexibility index (Phi) is 28.3. The molecule has 0 saturated heterocycles. The molecule has 0 radical (unpaired) electrons. The molecule has 0 atom stereocenters. The topological polar surface area (TPSA) is 75.6 Å². The number of allylic oxidation sites excluding steroid dienone is 2. The zero-order valence-corrected chi connectivity index (χ0v) is 30.6. The second-order valence-electron chi connectivity index (χ2n) is 13.5. The van der Waals surface area contributed by atoms with Crippen molar-refractivity contribution in [2.75, 3.05) is 0 Å². The molecular weight excluding hydrogens is 535 g/mol. The maximum absolute atomic E-state index is 11.4. The molecular formula is C31H67NO4Si3. The first-order chi connectivity index (χ1) is 17.9. The molecule has 0 rings (SSSR count). The lowest BCUT2D eigenvalue weighted by Crippen LogP contribution is -2.55. The van der Waals surface area contributed by atoms with Gasteiger partial charge in [-0.05, 0) is 58.2 Å². The maximum atomic E-state index is 11.4. The van der Waals surface area contributed by atoms with Crippen LogP contribution in [0, 0.1) is 0 Å². The summed E-state index contributed by atoms with van der Waals surface area (Å²) in [7, 11) is -3.63. The summed E-state index contributed by atoms with van der Waals surface area (Å²) in [6, 6.07) is 0. The van der Waals surface area contributed by atoms with Crippen LogP contribution in [0.2, 0.25) is 58.9 Å². The van der Waals surface area contributed by atoms with E-state index in [1.165, 1.54) is 51.4 Å². The quantitative estimate of drug-likeness (QED) is 0.0777. The molecule has 0 aromatic rings. The lowest BCUT2D eigenvalue weighted by atomic mass is 10.1. The highest BCUT2D eigenvalue weighted by Gasteiger charge is 2.22. The molecule has 2 N–H and O–H groups in total. The molecule has 0 aliphatic carbocycles. The first-order valence-electron chi connectivity index (χ1n) is 15.4. The van der Waals surface area contributed by atoms with Crippen LogP contribution in [0.3, 0.4) is 0 Å². The molecule has 8 heteroatoms. The first-order valence-corrected chi connectivity index (χ1v) is 25.8. The fourth-order valence-electron chi connectivity index (χ4n) is 4.05. The van der Waals surface area contributed by atoms with Gasteiger partial charge in [-0.15, -0.1) is 13.2 Å². The zero-order chi connectivity index (χ0) is 30.8. The molecule has 0 aliphatic heterocycles. The van der Waals surface area contributed by atoms with Crippen LogP contribution in [-0.2, 0) is 14.0 Å². The number of unbranched alkanes of at least 4 members (excludes halogenated alkanes) is 12. The number of carbonyl (C=O) groups excluding carboxylic acids is 1. The van der Waals surface area contributed by atoms with Crippen LogP contribution in [0.1, 0.15) is 103 Å². The van der Waals surface area contributed by atoms with Crippen molar-refractivity contribution < 1.29 is 19.1 Å². The van der Waals surface area contributed by atoms with Crippen molar-refractivity contribution in [3.63, 3.8) is 0 Å². The summed E-state index contributed by atoms with van der Waals surface area (Å²) in [5, 5.41) is 8.38. The van der Waals surface area contributed by atoms with E-state index in [-0.39, 0.29) is 5.97 Å². The zero-order valence-electron chi connectivity index (χ0n) is 27.6. The smallest absolute Gasteiger partial charge is 0.303 e. The fourth-order valence-corrected chi connectivity index (χ4v) is 13.8. The average molecular weight is 602 g/mol. The van der Waals surface area contributed by atoms with Gasteiger partial charge in [0.2, 0.25) is 8.32 Å². The van der Waals surface area contributed by atoms with Gasteiger partial charge in [-0.25, -0.2) is 0 Å². The summed E-state index contributed by atoms with van der Waals surface area (Å²) in [5.74, 6) is -0.678. The number of aliphatic carboxylic acids is 1. The van der Waals surface area contributed by atoms with E-state index in [9.17, 15) is 9.59 Å². The molecule has 0 unspecified atom stereocenters. The largest absolute Gasteiger partial charge is 0.520 e. The molecule has 0 heterocycles.